The zero-order valence-corrected chi connectivity index (χ0v) is 16.7. The number of aryl methyl sites for hydroxylation is 1. The lowest BCUT2D eigenvalue weighted by molar-refractivity contribution is -0.122. The summed E-state index contributed by atoms with van der Waals surface area (Å²) in [5.74, 6) is -0.239. The SMILES string of the molecule is COCC(Sc1nc(=O)[nH]cc1C)C(=O)NC(C)c1ccc2c(c1)CC(=O)N2. The van der Waals surface area contributed by atoms with Crippen LogP contribution in [0.5, 0.6) is 0 Å². The monoisotopic (exact) mass is 402 g/mol. The fraction of sp³-hybridized carbons (Fsp3) is 0.368. The minimum Gasteiger partial charge on any atom is -0.383 e. The van der Waals surface area contributed by atoms with Gasteiger partial charge in [0.25, 0.3) is 0 Å². The third-order valence-corrected chi connectivity index (χ3v) is 5.70. The number of nitrogens with one attached hydrogen (secondary N) is 3. The van der Waals surface area contributed by atoms with Crippen molar-refractivity contribution >= 4 is 29.3 Å². The zero-order valence-electron chi connectivity index (χ0n) is 15.9. The minimum absolute atomic E-state index is 0.0267. The molecule has 0 fully saturated rings. The summed E-state index contributed by atoms with van der Waals surface area (Å²) in [6.45, 7) is 3.88. The molecule has 28 heavy (non-hydrogen) atoms. The number of aromatic nitrogens is 2. The normalized spacial score (nSPS) is 14.9. The van der Waals surface area contributed by atoms with Crippen molar-refractivity contribution < 1.29 is 14.3 Å². The van der Waals surface area contributed by atoms with Crippen LogP contribution in [0.3, 0.4) is 0 Å². The number of ether oxygens (including phenoxy) is 1. The molecule has 1 aromatic heterocycles. The van der Waals surface area contributed by atoms with E-state index in [1.54, 1.807) is 6.20 Å². The molecule has 8 nitrogen and oxygen atoms in total. The maximum absolute atomic E-state index is 12.8. The van der Waals surface area contributed by atoms with Gasteiger partial charge < -0.3 is 20.4 Å². The molecule has 3 rings (SSSR count). The quantitative estimate of drug-likeness (QED) is 0.478. The number of rotatable bonds is 7. The topological polar surface area (TPSA) is 113 Å². The van der Waals surface area contributed by atoms with Gasteiger partial charge in [-0.3, -0.25) is 9.59 Å². The van der Waals surface area contributed by atoms with Crippen LogP contribution in [0.4, 0.5) is 5.69 Å². The number of thioether (sulfide) groups is 1. The third kappa shape index (κ3) is 4.60. The lowest BCUT2D eigenvalue weighted by Crippen LogP contribution is -2.37. The van der Waals surface area contributed by atoms with Crippen LogP contribution in [0.25, 0.3) is 0 Å². The van der Waals surface area contributed by atoms with Crippen LogP contribution >= 0.6 is 11.8 Å². The van der Waals surface area contributed by atoms with Gasteiger partial charge in [0.15, 0.2) is 0 Å². The van der Waals surface area contributed by atoms with Crippen LogP contribution < -0.4 is 16.3 Å². The predicted octanol–water partition coefficient (Wildman–Crippen LogP) is 1.56. The van der Waals surface area contributed by atoms with Crippen molar-refractivity contribution in [2.75, 3.05) is 19.0 Å². The highest BCUT2D eigenvalue weighted by atomic mass is 32.2. The molecule has 0 bridgehead atoms. The van der Waals surface area contributed by atoms with Crippen molar-refractivity contribution in [3.63, 3.8) is 0 Å². The fourth-order valence-corrected chi connectivity index (χ4v) is 3.95. The number of amides is 2. The molecule has 1 aliphatic rings. The van der Waals surface area contributed by atoms with Crippen LogP contribution in [-0.4, -0.2) is 40.7 Å². The summed E-state index contributed by atoms with van der Waals surface area (Å²) in [5.41, 5.74) is 2.97. The molecular formula is C19H22N4O4S. The lowest BCUT2D eigenvalue weighted by Gasteiger charge is -2.20. The van der Waals surface area contributed by atoms with E-state index >= 15 is 0 Å². The predicted molar refractivity (Wildman–Crippen MR) is 106 cm³/mol. The van der Waals surface area contributed by atoms with Crippen molar-refractivity contribution in [1.29, 1.82) is 0 Å². The average molecular weight is 402 g/mol. The molecule has 3 N–H and O–H groups in total. The molecule has 0 radical (unpaired) electrons. The van der Waals surface area contributed by atoms with Crippen molar-refractivity contribution in [1.82, 2.24) is 15.3 Å². The summed E-state index contributed by atoms with van der Waals surface area (Å²) in [7, 11) is 1.52. The molecule has 2 unspecified atom stereocenters. The standard InChI is InChI=1S/C19H22N4O4S/c1-10-8-20-19(26)23-18(10)28-15(9-27-3)17(25)21-11(2)12-4-5-14-13(6-12)7-16(24)22-14/h4-6,8,11,15H,7,9H2,1-3H3,(H,21,25)(H,22,24)(H,20,23,26). The summed E-state index contributed by atoms with van der Waals surface area (Å²) < 4.78 is 5.19. The van der Waals surface area contributed by atoms with Crippen LogP contribution in [0.2, 0.25) is 0 Å². The molecule has 0 saturated heterocycles. The molecule has 2 heterocycles. The van der Waals surface area contributed by atoms with Gasteiger partial charge in [0.05, 0.1) is 19.1 Å². The van der Waals surface area contributed by atoms with Gasteiger partial charge in [-0.25, -0.2) is 4.79 Å². The van der Waals surface area contributed by atoms with Gasteiger partial charge in [0, 0.05) is 19.0 Å². The van der Waals surface area contributed by atoms with Crippen molar-refractivity contribution in [2.45, 2.75) is 36.6 Å². The van der Waals surface area contributed by atoms with Gasteiger partial charge in [0.1, 0.15) is 10.3 Å². The largest absolute Gasteiger partial charge is 0.383 e. The van der Waals surface area contributed by atoms with E-state index in [0.717, 1.165) is 22.4 Å². The second kappa shape index (κ2) is 8.57. The summed E-state index contributed by atoms with van der Waals surface area (Å²) in [5, 5.41) is 5.71. The second-order valence-corrected chi connectivity index (χ2v) is 7.82. The Morgan fingerprint density at radius 1 is 1.39 bits per heavy atom. The van der Waals surface area contributed by atoms with Gasteiger partial charge in [-0.1, -0.05) is 23.9 Å². The van der Waals surface area contributed by atoms with Gasteiger partial charge in [-0.2, -0.15) is 4.98 Å². The van der Waals surface area contributed by atoms with Gasteiger partial charge >= 0.3 is 5.69 Å². The number of hydrogen-bond acceptors (Lipinski definition) is 6. The van der Waals surface area contributed by atoms with E-state index in [1.165, 1.54) is 18.9 Å². The first kappa shape index (κ1) is 20.1. The van der Waals surface area contributed by atoms with E-state index in [0.29, 0.717) is 11.4 Å². The number of H-pyrrole nitrogens is 1. The summed E-state index contributed by atoms with van der Waals surface area (Å²) in [6.07, 6.45) is 1.92. The molecule has 0 spiro atoms. The number of nitrogens with zero attached hydrogens (tertiary/aromatic N) is 1. The number of methoxy groups -OCH3 is 1. The molecule has 2 amide bonds. The molecule has 2 aromatic rings. The number of benzene rings is 1. The van der Waals surface area contributed by atoms with E-state index in [-0.39, 0.29) is 24.5 Å². The zero-order chi connectivity index (χ0) is 20.3. The van der Waals surface area contributed by atoms with Crippen molar-refractivity contribution in [3.05, 3.63) is 51.6 Å². The smallest absolute Gasteiger partial charge is 0.345 e. The fourth-order valence-electron chi connectivity index (χ4n) is 2.92. The number of carbonyl (C=O) groups excluding carboxylic acids is 2. The Morgan fingerprint density at radius 2 is 2.18 bits per heavy atom. The first-order valence-corrected chi connectivity index (χ1v) is 9.70. The molecule has 9 heteroatoms. The van der Waals surface area contributed by atoms with Gasteiger partial charge in [-0.15, -0.1) is 0 Å². The highest BCUT2D eigenvalue weighted by Crippen LogP contribution is 2.28. The number of fused-ring (bicyclic) bond motifs is 1. The van der Waals surface area contributed by atoms with E-state index in [9.17, 15) is 14.4 Å². The number of carbonyl (C=O) groups is 2. The molecule has 148 valence electrons. The van der Waals surface area contributed by atoms with Crippen LogP contribution in [-0.2, 0) is 20.7 Å². The van der Waals surface area contributed by atoms with E-state index in [1.807, 2.05) is 32.0 Å². The Bertz CT molecular complexity index is 959. The first-order valence-electron chi connectivity index (χ1n) is 8.82. The molecule has 1 aliphatic heterocycles. The van der Waals surface area contributed by atoms with Crippen LogP contribution in [0.1, 0.15) is 29.7 Å². The maximum Gasteiger partial charge on any atom is 0.345 e. The number of hydrogen-bond donors (Lipinski definition) is 3. The van der Waals surface area contributed by atoms with E-state index < -0.39 is 10.9 Å². The van der Waals surface area contributed by atoms with Crippen molar-refractivity contribution in [2.24, 2.45) is 0 Å². The lowest BCUT2D eigenvalue weighted by atomic mass is 10.0. The Balaban J connectivity index is 1.71. The Kier molecular flexibility index (Phi) is 6.15. The molecule has 2 atom stereocenters. The Labute approximate surface area is 166 Å². The average Bonchev–Trinajstić information content (AvgIpc) is 3.03. The van der Waals surface area contributed by atoms with Crippen LogP contribution in [0.15, 0.2) is 34.2 Å². The summed E-state index contributed by atoms with van der Waals surface area (Å²) in [6, 6.07) is 5.42. The maximum atomic E-state index is 12.8. The minimum atomic E-state index is -0.557. The van der Waals surface area contributed by atoms with Gasteiger partial charge in [-0.05, 0) is 36.6 Å². The molecule has 0 saturated carbocycles. The summed E-state index contributed by atoms with van der Waals surface area (Å²) in [4.78, 5) is 42.3. The van der Waals surface area contributed by atoms with Crippen LogP contribution in [0, 0.1) is 6.92 Å². The number of anilines is 1. The molecular weight excluding hydrogens is 380 g/mol. The highest BCUT2D eigenvalue weighted by molar-refractivity contribution is 8.00. The molecule has 0 aliphatic carbocycles. The van der Waals surface area contributed by atoms with E-state index in [2.05, 4.69) is 20.6 Å². The highest BCUT2D eigenvalue weighted by Gasteiger charge is 2.24. The third-order valence-electron chi connectivity index (χ3n) is 4.43. The van der Waals surface area contributed by atoms with E-state index in [4.69, 9.17) is 4.74 Å². The Morgan fingerprint density at radius 3 is 2.93 bits per heavy atom. The van der Waals surface area contributed by atoms with Gasteiger partial charge in [0.2, 0.25) is 11.8 Å². The first-order chi connectivity index (χ1) is 13.4. The summed E-state index contributed by atoms with van der Waals surface area (Å²) >= 11 is 1.20. The molecule has 1 aromatic carbocycles. The number of aromatic amines is 1. The van der Waals surface area contributed by atoms with Crippen molar-refractivity contribution in [3.8, 4) is 0 Å². The Hall–Kier alpha value is -2.65. The second-order valence-electron chi connectivity index (χ2n) is 6.63.